The highest BCUT2D eigenvalue weighted by molar-refractivity contribution is 5.67. The zero-order valence-electron chi connectivity index (χ0n) is 10.9. The van der Waals surface area contributed by atoms with Crippen molar-refractivity contribution >= 4 is 5.97 Å². The molecule has 3 aliphatic rings. The van der Waals surface area contributed by atoms with Gasteiger partial charge in [-0.15, -0.1) is 0 Å². The molecule has 1 atom stereocenters. The van der Waals surface area contributed by atoms with E-state index < -0.39 is 5.97 Å². The van der Waals surface area contributed by atoms with E-state index in [2.05, 4.69) is 4.90 Å². The number of hydrogen-bond acceptors (Lipinski definition) is 3. The van der Waals surface area contributed by atoms with Crippen LogP contribution in [0, 0.1) is 11.3 Å². The molecule has 4 heteroatoms. The Labute approximate surface area is 108 Å². The third kappa shape index (κ3) is 2.16. The first kappa shape index (κ1) is 12.4. The minimum Gasteiger partial charge on any atom is -0.481 e. The maximum absolute atomic E-state index is 10.7. The number of ether oxygens (including phenoxy) is 1. The molecular formula is C14H23NO3. The molecule has 0 aromatic heterocycles. The molecule has 1 unspecified atom stereocenters. The maximum Gasteiger partial charge on any atom is 0.303 e. The lowest BCUT2D eigenvalue weighted by atomic mass is 9.73. The number of rotatable bonds is 3. The SMILES string of the molecule is O=C(O)CC1CN(C2CCCC23CCOCC3)C1. The number of carboxylic acids is 1. The van der Waals surface area contributed by atoms with Gasteiger partial charge in [-0.05, 0) is 37.0 Å². The van der Waals surface area contributed by atoms with E-state index in [-0.39, 0.29) is 0 Å². The molecule has 1 aliphatic carbocycles. The Bertz CT molecular complexity index is 319. The fraction of sp³-hybridized carbons (Fsp3) is 0.929. The minimum atomic E-state index is -0.646. The Kier molecular flexibility index (Phi) is 3.32. The minimum absolute atomic E-state index is 0.347. The number of hydrogen-bond donors (Lipinski definition) is 1. The second-order valence-corrected chi connectivity index (χ2v) is 6.30. The first-order valence-electron chi connectivity index (χ1n) is 7.23. The topological polar surface area (TPSA) is 49.8 Å². The second kappa shape index (κ2) is 4.82. The van der Waals surface area contributed by atoms with Crippen molar-refractivity contribution in [3.05, 3.63) is 0 Å². The van der Waals surface area contributed by atoms with E-state index in [0.717, 1.165) is 26.3 Å². The van der Waals surface area contributed by atoms with Crippen LogP contribution < -0.4 is 0 Å². The molecule has 1 spiro atoms. The van der Waals surface area contributed by atoms with Gasteiger partial charge < -0.3 is 9.84 Å². The van der Waals surface area contributed by atoms with Gasteiger partial charge >= 0.3 is 5.97 Å². The predicted molar refractivity (Wildman–Crippen MR) is 67.4 cm³/mol. The van der Waals surface area contributed by atoms with Crippen molar-refractivity contribution in [2.45, 2.75) is 44.6 Å². The highest BCUT2D eigenvalue weighted by Gasteiger charge is 2.49. The molecule has 102 valence electrons. The van der Waals surface area contributed by atoms with Crippen LogP contribution in [-0.4, -0.2) is 48.3 Å². The Morgan fingerprint density at radius 1 is 1.28 bits per heavy atom. The van der Waals surface area contributed by atoms with Crippen LogP contribution in [0.5, 0.6) is 0 Å². The average molecular weight is 253 g/mol. The summed E-state index contributed by atoms with van der Waals surface area (Å²) < 4.78 is 5.51. The fourth-order valence-electron chi connectivity index (χ4n) is 4.29. The summed E-state index contributed by atoms with van der Waals surface area (Å²) in [6, 6.07) is 0.700. The van der Waals surface area contributed by atoms with Gasteiger partial charge in [-0.25, -0.2) is 0 Å². The van der Waals surface area contributed by atoms with Crippen molar-refractivity contribution < 1.29 is 14.6 Å². The van der Waals surface area contributed by atoms with E-state index in [0.29, 0.717) is 23.8 Å². The lowest BCUT2D eigenvalue weighted by molar-refractivity contribution is -0.140. The van der Waals surface area contributed by atoms with Crippen LogP contribution in [0.15, 0.2) is 0 Å². The molecule has 3 rings (SSSR count). The van der Waals surface area contributed by atoms with Crippen LogP contribution in [0.25, 0.3) is 0 Å². The molecule has 0 bridgehead atoms. The highest BCUT2D eigenvalue weighted by atomic mass is 16.5. The van der Waals surface area contributed by atoms with E-state index >= 15 is 0 Å². The van der Waals surface area contributed by atoms with E-state index in [1.54, 1.807) is 0 Å². The van der Waals surface area contributed by atoms with Crippen molar-refractivity contribution in [3.8, 4) is 0 Å². The number of likely N-dealkylation sites (tertiary alicyclic amines) is 1. The van der Waals surface area contributed by atoms with Crippen molar-refractivity contribution in [2.75, 3.05) is 26.3 Å². The molecule has 2 heterocycles. The highest BCUT2D eigenvalue weighted by Crippen LogP contribution is 2.49. The van der Waals surface area contributed by atoms with Gasteiger partial charge in [-0.2, -0.15) is 0 Å². The smallest absolute Gasteiger partial charge is 0.303 e. The number of carboxylic acid groups (broad SMARTS) is 1. The Balaban J connectivity index is 1.58. The Morgan fingerprint density at radius 3 is 2.67 bits per heavy atom. The second-order valence-electron chi connectivity index (χ2n) is 6.30. The zero-order chi connectivity index (χ0) is 12.6. The molecule has 2 aliphatic heterocycles. The van der Waals surface area contributed by atoms with Crippen LogP contribution >= 0.6 is 0 Å². The molecule has 2 saturated heterocycles. The van der Waals surface area contributed by atoms with Crippen LogP contribution in [0.4, 0.5) is 0 Å². The number of nitrogens with zero attached hydrogens (tertiary/aromatic N) is 1. The molecule has 4 nitrogen and oxygen atoms in total. The van der Waals surface area contributed by atoms with Gasteiger partial charge in [0.2, 0.25) is 0 Å². The molecule has 0 aromatic carbocycles. The van der Waals surface area contributed by atoms with Gasteiger partial charge in [0.1, 0.15) is 0 Å². The van der Waals surface area contributed by atoms with Gasteiger partial charge in [-0.1, -0.05) is 6.42 Å². The van der Waals surface area contributed by atoms with Crippen LogP contribution in [0.2, 0.25) is 0 Å². The van der Waals surface area contributed by atoms with E-state index in [1.807, 2.05) is 0 Å². The Morgan fingerprint density at radius 2 is 2.00 bits per heavy atom. The van der Waals surface area contributed by atoms with Gasteiger partial charge in [-0.3, -0.25) is 9.69 Å². The Hall–Kier alpha value is -0.610. The third-order valence-corrected chi connectivity index (χ3v) is 5.24. The largest absolute Gasteiger partial charge is 0.481 e. The van der Waals surface area contributed by atoms with Gasteiger partial charge in [0.25, 0.3) is 0 Å². The van der Waals surface area contributed by atoms with E-state index in [1.165, 1.54) is 32.1 Å². The molecular weight excluding hydrogens is 230 g/mol. The zero-order valence-corrected chi connectivity index (χ0v) is 10.9. The summed E-state index contributed by atoms with van der Waals surface area (Å²) in [5.74, 6) is -0.258. The molecule has 0 aromatic rings. The molecule has 0 radical (unpaired) electrons. The summed E-state index contributed by atoms with van der Waals surface area (Å²) in [6.45, 7) is 3.84. The summed E-state index contributed by atoms with van der Waals surface area (Å²) in [4.78, 5) is 13.2. The van der Waals surface area contributed by atoms with Crippen molar-refractivity contribution in [1.82, 2.24) is 4.90 Å². The molecule has 0 amide bonds. The molecule has 1 saturated carbocycles. The standard InChI is InChI=1S/C14H23NO3/c16-13(17)8-11-9-15(10-11)12-2-1-3-14(12)4-6-18-7-5-14/h11-12H,1-10H2,(H,16,17). The molecule has 3 fully saturated rings. The summed E-state index contributed by atoms with van der Waals surface area (Å²) in [5.41, 5.74) is 0.493. The monoisotopic (exact) mass is 253 g/mol. The summed E-state index contributed by atoms with van der Waals surface area (Å²) >= 11 is 0. The first-order valence-corrected chi connectivity index (χ1v) is 7.23. The van der Waals surface area contributed by atoms with Crippen LogP contribution in [0.1, 0.15) is 38.5 Å². The fourth-order valence-corrected chi connectivity index (χ4v) is 4.29. The number of aliphatic carboxylic acids is 1. The van der Waals surface area contributed by atoms with Crippen LogP contribution in [-0.2, 0) is 9.53 Å². The maximum atomic E-state index is 10.7. The van der Waals surface area contributed by atoms with Gasteiger partial charge in [0, 0.05) is 32.3 Å². The van der Waals surface area contributed by atoms with Gasteiger partial charge in [0.05, 0.1) is 6.42 Å². The average Bonchev–Trinajstić information content (AvgIpc) is 2.67. The normalized spacial score (nSPS) is 32.6. The van der Waals surface area contributed by atoms with E-state index in [9.17, 15) is 4.79 Å². The quantitative estimate of drug-likeness (QED) is 0.832. The predicted octanol–water partition coefficient (Wildman–Crippen LogP) is 1.74. The van der Waals surface area contributed by atoms with Crippen LogP contribution in [0.3, 0.4) is 0 Å². The van der Waals surface area contributed by atoms with Crippen molar-refractivity contribution in [3.63, 3.8) is 0 Å². The third-order valence-electron chi connectivity index (χ3n) is 5.24. The van der Waals surface area contributed by atoms with Crippen molar-refractivity contribution in [2.24, 2.45) is 11.3 Å². The lowest BCUT2D eigenvalue weighted by Crippen LogP contribution is -2.57. The summed E-state index contributed by atoms with van der Waals surface area (Å²) in [5, 5.41) is 8.81. The van der Waals surface area contributed by atoms with Gasteiger partial charge in [0.15, 0.2) is 0 Å². The summed E-state index contributed by atoms with van der Waals surface area (Å²) in [7, 11) is 0. The van der Waals surface area contributed by atoms with Crippen molar-refractivity contribution in [1.29, 1.82) is 0 Å². The number of carbonyl (C=O) groups is 1. The lowest BCUT2D eigenvalue weighted by Gasteiger charge is -2.50. The first-order chi connectivity index (χ1) is 8.70. The van der Waals surface area contributed by atoms with E-state index in [4.69, 9.17) is 9.84 Å². The molecule has 1 N–H and O–H groups in total. The molecule has 18 heavy (non-hydrogen) atoms. The summed E-state index contributed by atoms with van der Waals surface area (Å²) in [6.07, 6.45) is 6.75.